The Kier molecular flexibility index (Phi) is 2.25. The monoisotopic (exact) mass is 286 g/mol. The highest BCUT2D eigenvalue weighted by atomic mass is 16.3. The lowest BCUT2D eigenvalue weighted by Gasteiger charge is -2.24. The van der Waals surface area contributed by atoms with Crippen LogP contribution in [0, 0.1) is 0 Å². The smallest absolute Gasteiger partial charge is 0.110 e. The molecule has 2 nitrogen and oxygen atoms in total. The van der Waals surface area contributed by atoms with Crippen LogP contribution in [0.4, 0.5) is 0 Å². The standard InChI is InChI=1S/C20H14O2/c21-17-9-8-11-10-16-13-5-2-1-4-12(13)14-6-3-7-15(19(14)16)18(11)20(17)22/h1-10,17,20-22H. The summed E-state index contributed by atoms with van der Waals surface area (Å²) in [6.07, 6.45) is 1.87. The number of rotatable bonds is 0. The van der Waals surface area contributed by atoms with E-state index in [1.807, 2.05) is 18.2 Å². The van der Waals surface area contributed by atoms with Crippen LogP contribution in [0.3, 0.4) is 0 Å². The number of hydrogen-bond acceptors (Lipinski definition) is 2. The molecule has 0 aliphatic heterocycles. The van der Waals surface area contributed by atoms with Gasteiger partial charge in [-0.2, -0.15) is 0 Å². The zero-order valence-electron chi connectivity index (χ0n) is 11.8. The molecule has 22 heavy (non-hydrogen) atoms. The summed E-state index contributed by atoms with van der Waals surface area (Å²) < 4.78 is 0. The molecule has 2 atom stereocenters. The molecule has 5 rings (SSSR count). The number of aliphatic hydroxyl groups excluding tert-OH is 2. The van der Waals surface area contributed by atoms with Gasteiger partial charge in [-0.15, -0.1) is 0 Å². The lowest BCUT2D eigenvalue weighted by Crippen LogP contribution is -2.19. The minimum absolute atomic E-state index is 0.836. The Morgan fingerprint density at radius 1 is 0.773 bits per heavy atom. The number of fused-ring (bicyclic) bond motifs is 5. The van der Waals surface area contributed by atoms with Crippen molar-refractivity contribution in [3.63, 3.8) is 0 Å². The van der Waals surface area contributed by atoms with Crippen LogP contribution in [-0.2, 0) is 0 Å². The first-order valence-electron chi connectivity index (χ1n) is 7.49. The van der Waals surface area contributed by atoms with E-state index >= 15 is 0 Å². The third-order valence-electron chi connectivity index (χ3n) is 4.83. The molecule has 0 aromatic heterocycles. The van der Waals surface area contributed by atoms with E-state index in [1.165, 1.54) is 27.6 Å². The van der Waals surface area contributed by atoms with Gasteiger partial charge in [0.15, 0.2) is 0 Å². The topological polar surface area (TPSA) is 40.5 Å². The quantitative estimate of drug-likeness (QED) is 0.514. The molecule has 2 aliphatic carbocycles. The van der Waals surface area contributed by atoms with E-state index in [4.69, 9.17) is 0 Å². The summed E-state index contributed by atoms with van der Waals surface area (Å²) in [7, 11) is 0. The van der Waals surface area contributed by atoms with Crippen molar-refractivity contribution in [1.29, 1.82) is 0 Å². The average Bonchev–Trinajstić information content (AvgIpc) is 2.87. The minimum Gasteiger partial charge on any atom is -0.386 e. The maximum Gasteiger partial charge on any atom is 0.110 e. The Labute approximate surface area is 128 Å². The van der Waals surface area contributed by atoms with Gasteiger partial charge in [-0.05, 0) is 50.2 Å². The molecule has 2 unspecified atom stereocenters. The summed E-state index contributed by atoms with van der Waals surface area (Å²) in [5, 5.41) is 22.6. The molecule has 106 valence electrons. The van der Waals surface area contributed by atoms with E-state index in [9.17, 15) is 10.2 Å². The van der Waals surface area contributed by atoms with Crippen molar-refractivity contribution in [2.45, 2.75) is 12.2 Å². The predicted octanol–water partition coefficient (Wildman–Crippen LogP) is 3.91. The van der Waals surface area contributed by atoms with Crippen LogP contribution in [0.5, 0.6) is 0 Å². The number of aliphatic hydroxyl groups is 2. The molecule has 0 radical (unpaired) electrons. The average molecular weight is 286 g/mol. The predicted molar refractivity (Wildman–Crippen MR) is 88.4 cm³/mol. The lowest BCUT2D eigenvalue weighted by molar-refractivity contribution is 0.0480. The third-order valence-corrected chi connectivity index (χ3v) is 4.83. The van der Waals surface area contributed by atoms with Gasteiger partial charge in [-0.25, -0.2) is 0 Å². The van der Waals surface area contributed by atoms with Gasteiger partial charge >= 0.3 is 0 Å². The van der Waals surface area contributed by atoms with Crippen LogP contribution in [-0.4, -0.2) is 16.3 Å². The lowest BCUT2D eigenvalue weighted by atomic mass is 9.86. The van der Waals surface area contributed by atoms with Gasteiger partial charge in [0.1, 0.15) is 12.2 Å². The van der Waals surface area contributed by atoms with Crippen molar-refractivity contribution in [2.75, 3.05) is 0 Å². The van der Waals surface area contributed by atoms with Crippen molar-refractivity contribution in [3.05, 3.63) is 65.7 Å². The molecule has 2 aliphatic rings. The first kappa shape index (κ1) is 12.2. The maximum absolute atomic E-state index is 10.4. The van der Waals surface area contributed by atoms with E-state index in [2.05, 4.69) is 36.4 Å². The fourth-order valence-electron chi connectivity index (χ4n) is 3.86. The Morgan fingerprint density at radius 3 is 2.32 bits per heavy atom. The van der Waals surface area contributed by atoms with Gasteiger partial charge in [0.2, 0.25) is 0 Å². The van der Waals surface area contributed by atoms with Crippen molar-refractivity contribution in [3.8, 4) is 22.3 Å². The third kappa shape index (κ3) is 1.36. The second-order valence-electron chi connectivity index (χ2n) is 6.00. The Balaban J connectivity index is 1.98. The SMILES string of the molecule is OC1C=Cc2cc3c4c(cccc4c2C1O)-c1ccccc1-3. The van der Waals surface area contributed by atoms with Crippen molar-refractivity contribution in [2.24, 2.45) is 0 Å². The van der Waals surface area contributed by atoms with Crippen molar-refractivity contribution in [1.82, 2.24) is 0 Å². The van der Waals surface area contributed by atoms with Gasteiger partial charge in [0.25, 0.3) is 0 Å². The fraction of sp³-hybridized carbons (Fsp3) is 0.100. The second kappa shape index (κ2) is 4.07. The highest BCUT2D eigenvalue weighted by Gasteiger charge is 2.29. The zero-order chi connectivity index (χ0) is 14.8. The number of benzene rings is 3. The minimum atomic E-state index is -0.868. The largest absolute Gasteiger partial charge is 0.386 e. The Morgan fingerprint density at radius 2 is 1.50 bits per heavy atom. The first-order valence-corrected chi connectivity index (χ1v) is 7.49. The fourth-order valence-corrected chi connectivity index (χ4v) is 3.86. The molecule has 2 heteroatoms. The van der Waals surface area contributed by atoms with Gasteiger partial charge in [-0.3, -0.25) is 0 Å². The molecule has 3 aromatic carbocycles. The first-order chi connectivity index (χ1) is 10.8. The summed E-state index contributed by atoms with van der Waals surface area (Å²) in [5.74, 6) is 0. The summed E-state index contributed by atoms with van der Waals surface area (Å²) in [4.78, 5) is 0. The van der Waals surface area contributed by atoms with Gasteiger partial charge in [0, 0.05) is 0 Å². The van der Waals surface area contributed by atoms with Crippen LogP contribution in [0.15, 0.2) is 54.6 Å². The molecule has 3 aromatic rings. The molecule has 0 spiro atoms. The molecule has 0 amide bonds. The Bertz CT molecular complexity index is 969. The Hall–Kier alpha value is -2.42. The zero-order valence-corrected chi connectivity index (χ0v) is 11.8. The molecule has 0 fully saturated rings. The molecule has 0 saturated carbocycles. The van der Waals surface area contributed by atoms with E-state index in [-0.39, 0.29) is 0 Å². The summed E-state index contributed by atoms with van der Waals surface area (Å²) in [6, 6.07) is 16.7. The molecule has 0 bridgehead atoms. The van der Waals surface area contributed by atoms with Crippen LogP contribution in [0.25, 0.3) is 39.1 Å². The van der Waals surface area contributed by atoms with Crippen molar-refractivity contribution >= 4 is 16.8 Å². The van der Waals surface area contributed by atoms with Crippen LogP contribution in [0.1, 0.15) is 17.2 Å². The molecular weight excluding hydrogens is 272 g/mol. The summed E-state index contributed by atoms with van der Waals surface area (Å²) >= 11 is 0. The maximum atomic E-state index is 10.4. The summed E-state index contributed by atoms with van der Waals surface area (Å²) in [5.41, 5.74) is 6.74. The van der Waals surface area contributed by atoms with E-state index < -0.39 is 12.2 Å². The van der Waals surface area contributed by atoms with Gasteiger partial charge < -0.3 is 10.2 Å². The van der Waals surface area contributed by atoms with E-state index in [0.717, 1.165) is 16.5 Å². The highest BCUT2D eigenvalue weighted by Crippen LogP contribution is 2.50. The van der Waals surface area contributed by atoms with Crippen molar-refractivity contribution < 1.29 is 10.2 Å². The van der Waals surface area contributed by atoms with E-state index in [1.54, 1.807) is 6.08 Å². The second-order valence-corrected chi connectivity index (χ2v) is 6.00. The molecule has 2 N–H and O–H groups in total. The molecule has 0 heterocycles. The normalized spacial score (nSPS) is 21.0. The molecular formula is C20H14O2. The van der Waals surface area contributed by atoms with Gasteiger partial charge in [0.05, 0.1) is 0 Å². The van der Waals surface area contributed by atoms with Crippen LogP contribution in [0.2, 0.25) is 0 Å². The molecule has 0 saturated heterocycles. The summed E-state index contributed by atoms with van der Waals surface area (Å²) in [6.45, 7) is 0. The highest BCUT2D eigenvalue weighted by molar-refractivity contribution is 6.17. The van der Waals surface area contributed by atoms with Crippen LogP contribution >= 0.6 is 0 Å². The van der Waals surface area contributed by atoms with Crippen LogP contribution < -0.4 is 0 Å². The van der Waals surface area contributed by atoms with E-state index in [0.29, 0.717) is 0 Å². The number of hydrogen-bond donors (Lipinski definition) is 2. The van der Waals surface area contributed by atoms with Gasteiger partial charge in [-0.1, -0.05) is 54.6 Å².